The second kappa shape index (κ2) is 9.50. The Bertz CT molecular complexity index is 1050. The number of hydrogen-bond acceptors (Lipinski definition) is 6. The van der Waals surface area contributed by atoms with E-state index >= 15 is 0 Å². The van der Waals surface area contributed by atoms with E-state index in [0.717, 1.165) is 30.2 Å². The molecule has 2 aliphatic heterocycles. The van der Waals surface area contributed by atoms with Gasteiger partial charge < -0.3 is 24.3 Å². The van der Waals surface area contributed by atoms with Crippen molar-refractivity contribution >= 4 is 22.5 Å². The molecule has 2 aromatic rings. The van der Waals surface area contributed by atoms with Crippen LogP contribution in [0.4, 0.5) is 5.69 Å². The molecule has 1 atom stereocenters. The zero-order valence-corrected chi connectivity index (χ0v) is 17.8. The molecule has 1 aromatic heterocycles. The second-order valence-electron chi connectivity index (χ2n) is 8.01. The van der Waals surface area contributed by atoms with E-state index in [2.05, 4.69) is 11.4 Å². The van der Waals surface area contributed by atoms with Gasteiger partial charge in [0, 0.05) is 37.7 Å². The van der Waals surface area contributed by atoms with Gasteiger partial charge in [-0.15, -0.1) is 0 Å². The first-order valence-electron chi connectivity index (χ1n) is 10.9. The molecule has 0 bridgehead atoms. The number of amides is 1. The Morgan fingerprint density at radius 2 is 2.03 bits per heavy atom. The van der Waals surface area contributed by atoms with Crippen molar-refractivity contribution in [2.45, 2.75) is 44.9 Å². The maximum atomic E-state index is 13.1. The van der Waals surface area contributed by atoms with Gasteiger partial charge in [-0.25, -0.2) is 0 Å². The number of carbonyl (C=O) groups is 1. The summed E-state index contributed by atoms with van der Waals surface area (Å²) in [6.45, 7) is 5.31. The van der Waals surface area contributed by atoms with Gasteiger partial charge in [0.15, 0.2) is 6.10 Å². The molecule has 1 N–H and O–H groups in total. The van der Waals surface area contributed by atoms with Gasteiger partial charge in [0.05, 0.1) is 24.4 Å². The van der Waals surface area contributed by atoms with E-state index in [-0.39, 0.29) is 29.2 Å². The maximum absolute atomic E-state index is 13.1. The number of aromatic nitrogens is 1. The highest BCUT2D eigenvalue weighted by Crippen LogP contribution is 2.28. The Hall–Kier alpha value is -2.89. The third-order valence-electron chi connectivity index (χ3n) is 5.86. The number of nitrogens with one attached hydrogen (secondary N) is 1. The van der Waals surface area contributed by atoms with Gasteiger partial charge in [-0.1, -0.05) is 25.1 Å². The molecule has 2 fully saturated rings. The summed E-state index contributed by atoms with van der Waals surface area (Å²) in [5, 5.41) is 14.1. The van der Waals surface area contributed by atoms with Gasteiger partial charge in [0.1, 0.15) is 11.6 Å². The number of likely N-dealkylation sites (tertiary alicyclic amines) is 1. The average molecular weight is 425 g/mol. The van der Waals surface area contributed by atoms with Crippen LogP contribution in [0.1, 0.15) is 31.7 Å². The Balaban J connectivity index is 1.57. The molecule has 0 spiro atoms. The van der Waals surface area contributed by atoms with Crippen molar-refractivity contribution in [2.24, 2.45) is 0 Å². The largest absolute Gasteiger partial charge is 0.380 e. The fourth-order valence-electron chi connectivity index (χ4n) is 4.13. The summed E-state index contributed by atoms with van der Waals surface area (Å²) < 4.78 is 12.3. The molecule has 1 aromatic carbocycles. The molecule has 0 saturated carbocycles. The van der Waals surface area contributed by atoms with Crippen LogP contribution >= 0.6 is 0 Å². The highest BCUT2D eigenvalue weighted by atomic mass is 16.6. The van der Waals surface area contributed by atoms with Crippen LogP contribution in [0, 0.1) is 11.3 Å². The fraction of sp³-hybridized carbons (Fsp3) is 0.522. The van der Waals surface area contributed by atoms with Crippen LogP contribution in [-0.2, 0) is 20.8 Å². The molecule has 4 rings (SSSR count). The molecule has 8 nitrogen and oxygen atoms in total. The number of carbonyl (C=O) groups excluding carboxylic acids is 1. The van der Waals surface area contributed by atoms with Crippen molar-refractivity contribution in [3.05, 3.63) is 40.2 Å². The minimum Gasteiger partial charge on any atom is -0.380 e. The molecule has 164 valence electrons. The van der Waals surface area contributed by atoms with Crippen LogP contribution in [0.2, 0.25) is 0 Å². The predicted molar refractivity (Wildman–Crippen MR) is 117 cm³/mol. The number of ether oxygens (including phenoxy) is 2. The molecular formula is C23H28N4O4. The third-order valence-corrected chi connectivity index (χ3v) is 5.86. The normalized spacial score (nSPS) is 18.7. The number of fused-ring (bicyclic) bond motifs is 1. The Morgan fingerprint density at radius 3 is 2.71 bits per heavy atom. The topological polar surface area (TPSA) is 99.9 Å². The monoisotopic (exact) mass is 424 g/mol. The first-order valence-corrected chi connectivity index (χ1v) is 10.9. The zero-order valence-electron chi connectivity index (χ0n) is 17.8. The summed E-state index contributed by atoms with van der Waals surface area (Å²) in [5.74, 6) is 0.0644. The molecule has 1 amide bonds. The van der Waals surface area contributed by atoms with Crippen molar-refractivity contribution < 1.29 is 14.3 Å². The smallest absolute Gasteiger partial charge is 0.271 e. The van der Waals surface area contributed by atoms with Crippen LogP contribution in [0.25, 0.3) is 10.9 Å². The Morgan fingerprint density at radius 1 is 1.29 bits per heavy atom. The third kappa shape index (κ3) is 4.58. The summed E-state index contributed by atoms with van der Waals surface area (Å²) in [7, 11) is 0. The fourth-order valence-corrected chi connectivity index (χ4v) is 4.13. The van der Waals surface area contributed by atoms with Gasteiger partial charge in [0.2, 0.25) is 0 Å². The van der Waals surface area contributed by atoms with Gasteiger partial charge in [-0.05, 0) is 25.3 Å². The number of epoxide rings is 1. The minimum absolute atomic E-state index is 0.0644. The number of hydrogen-bond donors (Lipinski definition) is 1. The minimum atomic E-state index is -0.303. The maximum Gasteiger partial charge on any atom is 0.271 e. The highest BCUT2D eigenvalue weighted by molar-refractivity contribution is 5.94. The number of benzene rings is 1. The van der Waals surface area contributed by atoms with E-state index in [9.17, 15) is 14.9 Å². The molecule has 8 heteroatoms. The van der Waals surface area contributed by atoms with Crippen molar-refractivity contribution in [1.29, 1.82) is 5.26 Å². The quantitative estimate of drug-likeness (QED) is 0.515. The van der Waals surface area contributed by atoms with Crippen LogP contribution in [0.15, 0.2) is 29.1 Å². The molecule has 0 aliphatic carbocycles. The number of anilines is 1. The molecule has 0 radical (unpaired) electrons. The lowest BCUT2D eigenvalue weighted by atomic mass is 10.0. The lowest BCUT2D eigenvalue weighted by Crippen LogP contribution is -2.44. The number of nitrogens with zero attached hydrogens (tertiary/aromatic N) is 3. The van der Waals surface area contributed by atoms with E-state index in [1.807, 2.05) is 36.1 Å². The van der Waals surface area contributed by atoms with Gasteiger partial charge in [-0.2, -0.15) is 5.26 Å². The average Bonchev–Trinajstić information content (AvgIpc) is 3.64. The highest BCUT2D eigenvalue weighted by Gasteiger charge is 2.36. The molecule has 2 saturated heterocycles. The number of rotatable bonds is 8. The molecule has 1 unspecified atom stereocenters. The first-order chi connectivity index (χ1) is 15.1. The van der Waals surface area contributed by atoms with Gasteiger partial charge in [-0.3, -0.25) is 9.59 Å². The Kier molecular flexibility index (Phi) is 6.54. The lowest BCUT2D eigenvalue weighted by molar-refractivity contribution is -0.133. The number of nitriles is 1. The summed E-state index contributed by atoms with van der Waals surface area (Å²) in [6, 6.07) is 9.85. The van der Waals surface area contributed by atoms with E-state index in [1.165, 1.54) is 0 Å². The summed E-state index contributed by atoms with van der Waals surface area (Å²) in [4.78, 5) is 27.2. The van der Waals surface area contributed by atoms with Crippen LogP contribution in [0.5, 0.6) is 0 Å². The van der Waals surface area contributed by atoms with Crippen LogP contribution in [0.3, 0.4) is 0 Å². The molecule has 31 heavy (non-hydrogen) atoms. The summed E-state index contributed by atoms with van der Waals surface area (Å²) >= 11 is 0. The van der Waals surface area contributed by atoms with E-state index in [4.69, 9.17) is 9.47 Å². The standard InChI is InChI=1S/C23H28N4O4/c1-2-12-30-13-11-27-19-6-4-3-5-17(19)21(18(14-24)22(27)28)25-16-7-9-26(10-8-16)23(29)20-15-31-20/h3-6,16,20,25H,2,7-13,15H2,1H3. The van der Waals surface area contributed by atoms with Gasteiger partial charge in [0.25, 0.3) is 11.5 Å². The van der Waals surface area contributed by atoms with Crippen molar-refractivity contribution in [3.63, 3.8) is 0 Å². The zero-order chi connectivity index (χ0) is 21.8. The van der Waals surface area contributed by atoms with E-state index in [0.29, 0.717) is 45.1 Å². The van der Waals surface area contributed by atoms with E-state index in [1.54, 1.807) is 4.57 Å². The Labute approximate surface area is 181 Å². The first kappa shape index (κ1) is 21.3. The van der Waals surface area contributed by atoms with E-state index < -0.39 is 0 Å². The summed E-state index contributed by atoms with van der Waals surface area (Å²) in [5.41, 5.74) is 1.19. The van der Waals surface area contributed by atoms with Crippen LogP contribution < -0.4 is 10.9 Å². The summed E-state index contributed by atoms with van der Waals surface area (Å²) in [6.07, 6.45) is 2.17. The number of pyridine rings is 1. The molecular weight excluding hydrogens is 396 g/mol. The second-order valence-corrected chi connectivity index (χ2v) is 8.01. The van der Waals surface area contributed by atoms with Crippen molar-refractivity contribution in [2.75, 3.05) is 38.2 Å². The lowest BCUT2D eigenvalue weighted by Gasteiger charge is -2.33. The number of piperidine rings is 1. The van der Waals surface area contributed by atoms with Crippen molar-refractivity contribution in [3.8, 4) is 6.07 Å². The van der Waals surface area contributed by atoms with Crippen LogP contribution in [-0.4, -0.2) is 60.4 Å². The molecule has 2 aliphatic rings. The SMILES string of the molecule is CCCOCCn1c(=O)c(C#N)c(NC2CCN(C(=O)C3CO3)CC2)c2ccccc21. The van der Waals surface area contributed by atoms with Gasteiger partial charge >= 0.3 is 0 Å². The number of para-hydroxylation sites is 1. The predicted octanol–water partition coefficient (Wildman–Crippen LogP) is 2.10. The van der Waals surface area contributed by atoms with Crippen molar-refractivity contribution in [1.82, 2.24) is 9.47 Å². The molecule has 3 heterocycles.